The van der Waals surface area contributed by atoms with Gasteiger partial charge in [0.25, 0.3) is 10.0 Å². The number of thioether (sulfide) groups is 1. The van der Waals surface area contributed by atoms with Crippen LogP contribution in [0.4, 0.5) is 0 Å². The third-order valence-corrected chi connectivity index (χ3v) is 6.90. The lowest BCUT2D eigenvalue weighted by Crippen LogP contribution is -2.39. The molecule has 0 spiro atoms. The minimum absolute atomic E-state index is 0.0113. The number of allylic oxidation sites excluding steroid dienone is 4. The number of fused-ring (bicyclic) bond motifs is 1. The maximum absolute atomic E-state index is 12.8. The van der Waals surface area contributed by atoms with Crippen LogP contribution in [0.2, 0.25) is 0 Å². The number of rotatable bonds is 2. The Hall–Kier alpha value is -1.37. The summed E-state index contributed by atoms with van der Waals surface area (Å²) < 4.78 is 27.4. The Morgan fingerprint density at radius 2 is 1.67 bits per heavy atom. The third-order valence-electron chi connectivity index (χ3n) is 3.27. The summed E-state index contributed by atoms with van der Waals surface area (Å²) in [5, 5.41) is 0.0113. The van der Waals surface area contributed by atoms with Gasteiger partial charge in [-0.05, 0) is 12.1 Å². The average molecular weight is 335 g/mol. The molecule has 0 amide bonds. The number of hydrogen-bond donors (Lipinski definition) is 0. The van der Waals surface area contributed by atoms with E-state index in [1.54, 1.807) is 30.3 Å². The second-order valence-electron chi connectivity index (χ2n) is 4.61. The number of benzene rings is 1. The Balaban J connectivity index is 2.05. The van der Waals surface area contributed by atoms with Crippen LogP contribution in [-0.2, 0) is 10.0 Å². The van der Waals surface area contributed by atoms with Gasteiger partial charge in [-0.25, -0.2) is 12.7 Å². The molecule has 0 aromatic heterocycles. The first-order valence-electron chi connectivity index (χ1n) is 6.42. The summed E-state index contributed by atoms with van der Waals surface area (Å²) in [5.74, 6) is 0. The fourth-order valence-electron chi connectivity index (χ4n) is 2.28. The highest BCUT2D eigenvalue weighted by molar-refractivity contribution is 8.24. The molecule has 1 fully saturated rings. The molecular formula is C15H13NO2S3. The molecule has 1 aromatic carbocycles. The standard InChI is InChI=1S/C15H13NO2S3/c17-21(18,12-8-4-3-5-9-12)16-13-10-6-1-2-7-11-14(13)20-15(16)19/h1-11,13-14H/b2-1-,10-6-,11-7?/t13-,14-/m1/s1. The molecule has 0 saturated carbocycles. The fraction of sp³-hybridized carbons (Fsp3) is 0.133. The van der Waals surface area contributed by atoms with Crippen molar-refractivity contribution in [1.29, 1.82) is 0 Å². The molecule has 2 aliphatic rings. The summed E-state index contributed by atoms with van der Waals surface area (Å²) in [4.78, 5) is 0.267. The van der Waals surface area contributed by atoms with Crippen molar-refractivity contribution in [1.82, 2.24) is 4.31 Å². The lowest BCUT2D eigenvalue weighted by molar-refractivity contribution is 0.499. The maximum atomic E-state index is 12.8. The van der Waals surface area contributed by atoms with Crippen LogP contribution in [0.3, 0.4) is 0 Å². The van der Waals surface area contributed by atoms with Gasteiger partial charge in [-0.1, -0.05) is 78.6 Å². The molecule has 1 aliphatic carbocycles. The van der Waals surface area contributed by atoms with Crippen molar-refractivity contribution in [3.8, 4) is 0 Å². The van der Waals surface area contributed by atoms with Crippen molar-refractivity contribution in [2.45, 2.75) is 16.2 Å². The van der Waals surface area contributed by atoms with E-state index in [9.17, 15) is 8.42 Å². The lowest BCUT2D eigenvalue weighted by Gasteiger charge is -2.24. The van der Waals surface area contributed by atoms with Crippen LogP contribution in [0.15, 0.2) is 71.7 Å². The predicted molar refractivity (Wildman–Crippen MR) is 90.7 cm³/mol. The number of nitrogens with zero attached hydrogens (tertiary/aromatic N) is 1. The summed E-state index contributed by atoms with van der Waals surface area (Å²) in [6.45, 7) is 0. The lowest BCUT2D eigenvalue weighted by atomic mass is 10.1. The van der Waals surface area contributed by atoms with Gasteiger partial charge >= 0.3 is 0 Å². The van der Waals surface area contributed by atoms with E-state index in [2.05, 4.69) is 0 Å². The highest BCUT2D eigenvalue weighted by Crippen LogP contribution is 2.38. The van der Waals surface area contributed by atoms with Crippen molar-refractivity contribution in [3.63, 3.8) is 0 Å². The van der Waals surface area contributed by atoms with Crippen LogP contribution in [0, 0.1) is 0 Å². The van der Waals surface area contributed by atoms with E-state index >= 15 is 0 Å². The largest absolute Gasteiger partial charge is 0.265 e. The van der Waals surface area contributed by atoms with Gasteiger partial charge < -0.3 is 0 Å². The van der Waals surface area contributed by atoms with Crippen LogP contribution >= 0.6 is 24.0 Å². The van der Waals surface area contributed by atoms with Gasteiger partial charge in [-0.15, -0.1) is 0 Å². The molecule has 1 saturated heterocycles. The summed E-state index contributed by atoms with van der Waals surface area (Å²) >= 11 is 6.72. The number of hydrogen-bond acceptors (Lipinski definition) is 4. The molecule has 6 heteroatoms. The minimum atomic E-state index is -3.62. The second kappa shape index (κ2) is 5.79. The first-order valence-corrected chi connectivity index (χ1v) is 9.15. The molecule has 1 aromatic rings. The van der Waals surface area contributed by atoms with Crippen molar-refractivity contribution >= 4 is 38.3 Å². The van der Waals surface area contributed by atoms with Crippen LogP contribution in [-0.4, -0.2) is 28.3 Å². The number of thiocarbonyl (C=S) groups is 1. The average Bonchev–Trinajstić information content (AvgIpc) is 2.76. The highest BCUT2D eigenvalue weighted by Gasteiger charge is 2.42. The molecule has 0 radical (unpaired) electrons. The Labute approximate surface area is 134 Å². The zero-order chi connectivity index (χ0) is 14.9. The summed E-state index contributed by atoms with van der Waals surface area (Å²) in [6, 6.07) is 8.13. The van der Waals surface area contributed by atoms with E-state index < -0.39 is 10.0 Å². The molecule has 1 aliphatic heterocycles. The zero-order valence-electron chi connectivity index (χ0n) is 11.0. The molecular weight excluding hydrogens is 322 g/mol. The third kappa shape index (κ3) is 2.71. The molecule has 1 heterocycles. The van der Waals surface area contributed by atoms with E-state index in [-0.39, 0.29) is 16.2 Å². The van der Waals surface area contributed by atoms with Crippen LogP contribution in [0.25, 0.3) is 0 Å². The molecule has 3 rings (SSSR count). The van der Waals surface area contributed by atoms with E-state index in [0.717, 1.165) is 0 Å². The molecule has 21 heavy (non-hydrogen) atoms. The second-order valence-corrected chi connectivity index (χ2v) is 8.23. The smallest absolute Gasteiger partial charge is 0.242 e. The monoisotopic (exact) mass is 335 g/mol. The Kier molecular flexibility index (Phi) is 4.01. The topological polar surface area (TPSA) is 37.4 Å². The molecule has 2 atom stereocenters. The van der Waals surface area contributed by atoms with Gasteiger partial charge in [-0.3, -0.25) is 0 Å². The van der Waals surface area contributed by atoms with Gasteiger partial charge in [-0.2, -0.15) is 0 Å². The van der Waals surface area contributed by atoms with Crippen molar-refractivity contribution < 1.29 is 8.42 Å². The Bertz CT molecular complexity index is 735. The molecule has 0 bridgehead atoms. The van der Waals surface area contributed by atoms with Crippen LogP contribution in [0.1, 0.15) is 0 Å². The highest BCUT2D eigenvalue weighted by atomic mass is 32.2. The first kappa shape index (κ1) is 14.6. The van der Waals surface area contributed by atoms with E-state index in [1.165, 1.54) is 16.1 Å². The number of sulfonamides is 1. The summed E-state index contributed by atoms with van der Waals surface area (Å²) in [5.41, 5.74) is 0. The van der Waals surface area contributed by atoms with Gasteiger partial charge in [0.15, 0.2) is 4.32 Å². The predicted octanol–water partition coefficient (Wildman–Crippen LogP) is 3.13. The van der Waals surface area contributed by atoms with Crippen LogP contribution < -0.4 is 0 Å². The first-order chi connectivity index (χ1) is 10.1. The van der Waals surface area contributed by atoms with Gasteiger partial charge in [0, 0.05) is 0 Å². The van der Waals surface area contributed by atoms with Crippen LogP contribution in [0.5, 0.6) is 0 Å². The van der Waals surface area contributed by atoms with Crippen molar-refractivity contribution in [3.05, 3.63) is 66.8 Å². The quantitative estimate of drug-likeness (QED) is 0.778. The molecule has 0 N–H and O–H groups in total. The van der Waals surface area contributed by atoms with Crippen molar-refractivity contribution in [2.75, 3.05) is 0 Å². The van der Waals surface area contributed by atoms with E-state index in [4.69, 9.17) is 12.2 Å². The summed E-state index contributed by atoms with van der Waals surface area (Å²) in [6.07, 6.45) is 11.5. The van der Waals surface area contributed by atoms with Gasteiger partial charge in [0.2, 0.25) is 0 Å². The normalized spacial score (nSPS) is 27.8. The van der Waals surface area contributed by atoms with Gasteiger partial charge in [0.1, 0.15) is 0 Å². The minimum Gasteiger partial charge on any atom is -0.242 e. The summed E-state index contributed by atoms with van der Waals surface area (Å²) in [7, 11) is -3.62. The molecule has 0 unspecified atom stereocenters. The van der Waals surface area contributed by atoms with E-state index in [1.807, 2.05) is 36.5 Å². The van der Waals surface area contributed by atoms with Crippen molar-refractivity contribution in [2.24, 2.45) is 0 Å². The maximum Gasteiger partial charge on any atom is 0.265 e. The Morgan fingerprint density at radius 3 is 2.38 bits per heavy atom. The van der Waals surface area contributed by atoms with Gasteiger partial charge in [0.05, 0.1) is 16.2 Å². The SMILES string of the molecule is O=S(=O)(c1ccccc1)N1C(=S)S[C@@H]2C=C/C=C\C=C/[C@H]21. The Morgan fingerprint density at radius 1 is 1.00 bits per heavy atom. The fourth-order valence-corrected chi connectivity index (χ4v) is 5.95. The molecule has 3 nitrogen and oxygen atoms in total. The van der Waals surface area contributed by atoms with E-state index in [0.29, 0.717) is 4.32 Å². The zero-order valence-corrected chi connectivity index (χ0v) is 13.4. The molecule has 108 valence electrons.